The maximum atomic E-state index is 6.25. The fraction of sp³-hybridized carbons (Fsp3) is 0.435. The topological polar surface area (TPSA) is 68.9 Å². The van der Waals surface area contributed by atoms with Gasteiger partial charge in [-0.1, -0.05) is 30.3 Å². The molecular formula is C23H32IN3O2. The summed E-state index contributed by atoms with van der Waals surface area (Å²) in [5.41, 5.74) is 8.34. The molecule has 1 aliphatic rings. The standard InChI is InChI=1S/C23H31N3O2.HI/c1-17(2)28-21-10-8-20(9-11-21)25-23(24)26-22(19-6-4-3-5-7-19)16-18-12-14-27-15-13-18;/h3-11,17-18,22H,12-16H2,1-2H3,(H3,24,25,26);1H. The molecule has 3 N–H and O–H groups in total. The Morgan fingerprint density at radius 1 is 1.10 bits per heavy atom. The van der Waals surface area contributed by atoms with Crippen LogP contribution in [0.5, 0.6) is 5.75 Å². The normalized spacial score (nSPS) is 16.2. The van der Waals surface area contributed by atoms with Crippen molar-refractivity contribution in [2.45, 2.75) is 45.3 Å². The molecule has 1 atom stereocenters. The summed E-state index contributed by atoms with van der Waals surface area (Å²) in [7, 11) is 0. The van der Waals surface area contributed by atoms with E-state index in [0.29, 0.717) is 11.9 Å². The Morgan fingerprint density at radius 3 is 2.38 bits per heavy atom. The average Bonchev–Trinajstić information content (AvgIpc) is 2.70. The van der Waals surface area contributed by atoms with Crippen molar-refractivity contribution in [3.8, 4) is 5.75 Å². The third-order valence-corrected chi connectivity index (χ3v) is 4.88. The lowest BCUT2D eigenvalue weighted by atomic mass is 9.90. The van der Waals surface area contributed by atoms with Crippen LogP contribution in [0.15, 0.2) is 59.6 Å². The van der Waals surface area contributed by atoms with Crippen LogP contribution in [0.2, 0.25) is 0 Å². The number of nitrogens with zero attached hydrogens (tertiary/aromatic N) is 1. The van der Waals surface area contributed by atoms with E-state index in [1.165, 1.54) is 5.56 Å². The van der Waals surface area contributed by atoms with Gasteiger partial charge in [0.15, 0.2) is 5.96 Å². The summed E-state index contributed by atoms with van der Waals surface area (Å²) >= 11 is 0. The van der Waals surface area contributed by atoms with Crippen molar-refractivity contribution in [3.63, 3.8) is 0 Å². The molecule has 1 saturated heterocycles. The summed E-state index contributed by atoms with van der Waals surface area (Å²) in [6, 6.07) is 18.2. The van der Waals surface area contributed by atoms with Crippen molar-refractivity contribution in [1.29, 1.82) is 0 Å². The number of benzene rings is 2. The van der Waals surface area contributed by atoms with Crippen molar-refractivity contribution < 1.29 is 9.47 Å². The number of ether oxygens (including phenoxy) is 2. The van der Waals surface area contributed by atoms with E-state index in [0.717, 1.165) is 43.9 Å². The molecule has 0 bridgehead atoms. The van der Waals surface area contributed by atoms with Crippen molar-refractivity contribution in [2.24, 2.45) is 16.6 Å². The molecule has 1 heterocycles. The molecule has 0 amide bonds. The molecule has 5 nitrogen and oxygen atoms in total. The number of halogens is 1. The van der Waals surface area contributed by atoms with E-state index in [-0.39, 0.29) is 36.1 Å². The zero-order chi connectivity index (χ0) is 19.8. The highest BCUT2D eigenvalue weighted by molar-refractivity contribution is 14.0. The molecule has 0 spiro atoms. The molecule has 2 aromatic rings. The highest BCUT2D eigenvalue weighted by Crippen LogP contribution is 2.30. The maximum absolute atomic E-state index is 6.25. The van der Waals surface area contributed by atoms with Gasteiger partial charge in [-0.25, -0.2) is 4.99 Å². The van der Waals surface area contributed by atoms with Crippen LogP contribution >= 0.6 is 24.0 Å². The first kappa shape index (κ1) is 23.5. The summed E-state index contributed by atoms with van der Waals surface area (Å²) in [4.78, 5) is 4.82. The van der Waals surface area contributed by atoms with Gasteiger partial charge in [-0.05, 0) is 68.9 Å². The van der Waals surface area contributed by atoms with E-state index in [9.17, 15) is 0 Å². The van der Waals surface area contributed by atoms with Crippen LogP contribution in [0.1, 0.15) is 44.7 Å². The maximum Gasteiger partial charge on any atom is 0.193 e. The minimum Gasteiger partial charge on any atom is -0.491 e. The number of guanidine groups is 1. The Labute approximate surface area is 191 Å². The molecule has 1 aliphatic heterocycles. The van der Waals surface area contributed by atoms with Crippen LogP contribution in [0.3, 0.4) is 0 Å². The largest absolute Gasteiger partial charge is 0.491 e. The number of aliphatic imine (C=N–C) groups is 1. The van der Waals surface area contributed by atoms with Crippen LogP contribution in [0.4, 0.5) is 5.69 Å². The molecule has 1 unspecified atom stereocenters. The van der Waals surface area contributed by atoms with Crippen molar-refractivity contribution in [1.82, 2.24) is 0 Å². The van der Waals surface area contributed by atoms with E-state index in [1.807, 2.05) is 44.2 Å². The SMILES string of the molecule is CC(C)Oc1ccc(NC(N)=NC(CC2CCOCC2)c2ccccc2)cc1.I. The number of hydrogen-bond acceptors (Lipinski definition) is 3. The fourth-order valence-corrected chi connectivity index (χ4v) is 3.47. The zero-order valence-corrected chi connectivity index (χ0v) is 19.5. The van der Waals surface area contributed by atoms with Gasteiger partial charge in [-0.3, -0.25) is 0 Å². The van der Waals surface area contributed by atoms with Gasteiger partial charge in [-0.15, -0.1) is 24.0 Å². The first-order valence-corrected chi connectivity index (χ1v) is 10.1. The van der Waals surface area contributed by atoms with Crippen LogP contribution in [-0.2, 0) is 4.74 Å². The van der Waals surface area contributed by atoms with Crippen LogP contribution in [0.25, 0.3) is 0 Å². The molecule has 3 rings (SSSR count). The van der Waals surface area contributed by atoms with Crippen molar-refractivity contribution in [2.75, 3.05) is 18.5 Å². The second kappa shape index (κ2) is 12.0. The molecule has 0 saturated carbocycles. The molecule has 6 heteroatoms. The summed E-state index contributed by atoms with van der Waals surface area (Å²) < 4.78 is 11.2. The second-order valence-corrected chi connectivity index (χ2v) is 7.55. The first-order chi connectivity index (χ1) is 13.6. The average molecular weight is 509 g/mol. The van der Waals surface area contributed by atoms with Crippen LogP contribution < -0.4 is 15.8 Å². The molecule has 1 fully saturated rings. The van der Waals surface area contributed by atoms with Crippen LogP contribution in [-0.4, -0.2) is 25.3 Å². The van der Waals surface area contributed by atoms with E-state index < -0.39 is 0 Å². The lowest BCUT2D eigenvalue weighted by molar-refractivity contribution is 0.0619. The monoisotopic (exact) mass is 509 g/mol. The molecule has 158 valence electrons. The van der Waals surface area contributed by atoms with Gasteiger partial charge in [0.2, 0.25) is 0 Å². The summed E-state index contributed by atoms with van der Waals surface area (Å²) in [5.74, 6) is 1.89. The molecule has 0 radical (unpaired) electrons. The minimum absolute atomic E-state index is 0. The highest BCUT2D eigenvalue weighted by Gasteiger charge is 2.20. The Hall–Kier alpha value is -1.80. The van der Waals surface area contributed by atoms with E-state index in [1.54, 1.807) is 0 Å². The van der Waals surface area contributed by atoms with Crippen LogP contribution in [0, 0.1) is 5.92 Å². The zero-order valence-electron chi connectivity index (χ0n) is 17.2. The molecular weight excluding hydrogens is 477 g/mol. The third kappa shape index (κ3) is 7.85. The predicted molar refractivity (Wildman–Crippen MR) is 130 cm³/mol. The number of hydrogen-bond donors (Lipinski definition) is 2. The Balaban J connectivity index is 0.00000300. The van der Waals surface area contributed by atoms with Gasteiger partial charge < -0.3 is 20.5 Å². The van der Waals surface area contributed by atoms with Gasteiger partial charge in [0.1, 0.15) is 5.75 Å². The van der Waals surface area contributed by atoms with E-state index in [4.69, 9.17) is 20.2 Å². The number of anilines is 1. The molecule has 0 aliphatic carbocycles. The fourth-order valence-electron chi connectivity index (χ4n) is 3.47. The van der Waals surface area contributed by atoms with Gasteiger partial charge in [-0.2, -0.15) is 0 Å². The number of rotatable bonds is 7. The van der Waals surface area contributed by atoms with Gasteiger partial charge in [0.25, 0.3) is 0 Å². The smallest absolute Gasteiger partial charge is 0.193 e. The quantitative estimate of drug-likeness (QED) is 0.299. The Kier molecular flexibility index (Phi) is 9.73. The molecule has 2 aromatic carbocycles. The second-order valence-electron chi connectivity index (χ2n) is 7.55. The van der Waals surface area contributed by atoms with E-state index in [2.05, 4.69) is 29.6 Å². The summed E-state index contributed by atoms with van der Waals surface area (Å²) in [6.07, 6.45) is 3.31. The first-order valence-electron chi connectivity index (χ1n) is 10.1. The predicted octanol–water partition coefficient (Wildman–Crippen LogP) is 5.38. The minimum atomic E-state index is 0. The Bertz CT molecular complexity index is 744. The number of nitrogens with two attached hydrogens (primary N) is 1. The van der Waals surface area contributed by atoms with Gasteiger partial charge >= 0.3 is 0 Å². The van der Waals surface area contributed by atoms with Crippen molar-refractivity contribution in [3.05, 3.63) is 60.2 Å². The lowest BCUT2D eigenvalue weighted by Gasteiger charge is -2.25. The molecule has 29 heavy (non-hydrogen) atoms. The Morgan fingerprint density at radius 2 is 1.76 bits per heavy atom. The highest BCUT2D eigenvalue weighted by atomic mass is 127. The van der Waals surface area contributed by atoms with Gasteiger partial charge in [0, 0.05) is 18.9 Å². The molecule has 0 aromatic heterocycles. The third-order valence-electron chi connectivity index (χ3n) is 4.88. The summed E-state index contributed by atoms with van der Waals surface area (Å²) in [5, 5.41) is 3.21. The van der Waals surface area contributed by atoms with Gasteiger partial charge in [0.05, 0.1) is 12.1 Å². The van der Waals surface area contributed by atoms with E-state index >= 15 is 0 Å². The van der Waals surface area contributed by atoms with Crippen molar-refractivity contribution >= 4 is 35.6 Å². The number of nitrogens with one attached hydrogen (secondary N) is 1. The summed E-state index contributed by atoms with van der Waals surface area (Å²) in [6.45, 7) is 5.71. The lowest BCUT2D eigenvalue weighted by Crippen LogP contribution is -2.25.